The molecule has 0 saturated heterocycles. The predicted molar refractivity (Wildman–Crippen MR) is 73.0 cm³/mol. The summed E-state index contributed by atoms with van der Waals surface area (Å²) in [6, 6.07) is 12.1. The fourth-order valence-electron chi connectivity index (χ4n) is 1.37. The van der Waals surface area contributed by atoms with Crippen LogP contribution in [0.15, 0.2) is 36.4 Å². The highest BCUT2D eigenvalue weighted by Gasteiger charge is 2.00. The Kier molecular flexibility index (Phi) is 3.71. The van der Waals surface area contributed by atoms with Crippen LogP contribution in [0, 0.1) is 0 Å². The van der Waals surface area contributed by atoms with E-state index in [-0.39, 0.29) is 0 Å². The maximum atomic E-state index is 5.19. The molecule has 82 valence electrons. The minimum atomic E-state index is 0.579. The van der Waals surface area contributed by atoms with Gasteiger partial charge in [-0.25, -0.2) is 5.84 Å². The second-order valence-corrected chi connectivity index (χ2v) is 4.87. The minimum absolute atomic E-state index is 0.579. The van der Waals surface area contributed by atoms with E-state index in [2.05, 4.69) is 16.5 Å². The number of pyridine rings is 1. The number of para-hydroxylation sites is 1. The normalized spacial score (nSPS) is 10.3. The lowest BCUT2D eigenvalue weighted by atomic mass is 10.2. The maximum absolute atomic E-state index is 5.19. The van der Waals surface area contributed by atoms with Crippen LogP contribution in [0.5, 0.6) is 0 Å². The zero-order valence-corrected chi connectivity index (χ0v) is 10.1. The lowest BCUT2D eigenvalue weighted by Crippen LogP contribution is -2.25. The molecule has 3 nitrogen and oxygen atoms in total. The molecule has 5 heteroatoms. The number of aromatic nitrogens is 1. The molecular formula is C11H11N3S2. The lowest BCUT2D eigenvalue weighted by Gasteiger charge is -2.03. The van der Waals surface area contributed by atoms with E-state index in [1.54, 1.807) is 0 Å². The Balaban J connectivity index is 2.16. The van der Waals surface area contributed by atoms with Crippen LogP contribution in [0.25, 0.3) is 10.9 Å². The van der Waals surface area contributed by atoms with E-state index in [1.807, 2.05) is 30.3 Å². The number of fused-ring (bicyclic) bond motifs is 1. The van der Waals surface area contributed by atoms with Gasteiger partial charge in [-0.05, 0) is 12.1 Å². The van der Waals surface area contributed by atoms with E-state index in [9.17, 15) is 0 Å². The Bertz CT molecular complexity index is 513. The first-order valence-corrected chi connectivity index (χ1v) is 6.17. The van der Waals surface area contributed by atoms with Gasteiger partial charge in [-0.15, -0.1) is 0 Å². The molecule has 0 aliphatic heterocycles. The van der Waals surface area contributed by atoms with Crippen molar-refractivity contribution < 1.29 is 0 Å². The molecule has 0 aliphatic rings. The Morgan fingerprint density at radius 2 is 2.12 bits per heavy atom. The van der Waals surface area contributed by atoms with Crippen LogP contribution in [0.4, 0.5) is 0 Å². The van der Waals surface area contributed by atoms with Crippen molar-refractivity contribution in [2.75, 3.05) is 0 Å². The van der Waals surface area contributed by atoms with Gasteiger partial charge in [0.2, 0.25) is 0 Å². The summed E-state index contributed by atoms with van der Waals surface area (Å²) in [6.45, 7) is 0. The van der Waals surface area contributed by atoms with Crippen molar-refractivity contribution >= 4 is 39.2 Å². The highest BCUT2D eigenvalue weighted by molar-refractivity contribution is 8.22. The summed E-state index contributed by atoms with van der Waals surface area (Å²) in [5.74, 6) is 5.92. The molecule has 0 spiro atoms. The average Bonchev–Trinajstić information content (AvgIpc) is 2.35. The highest BCUT2D eigenvalue weighted by Crippen LogP contribution is 2.15. The number of hydrogen-bond donors (Lipinski definition) is 2. The molecule has 1 heterocycles. The number of nitrogens with one attached hydrogen (secondary N) is 1. The first kappa shape index (κ1) is 11.3. The topological polar surface area (TPSA) is 50.9 Å². The SMILES string of the molecule is NNC(=S)SCc1ccc2ccccc2n1. The van der Waals surface area contributed by atoms with Crippen molar-refractivity contribution in [2.24, 2.45) is 5.84 Å². The van der Waals surface area contributed by atoms with Gasteiger partial charge >= 0.3 is 0 Å². The number of benzene rings is 1. The van der Waals surface area contributed by atoms with Gasteiger partial charge in [0.05, 0.1) is 11.2 Å². The van der Waals surface area contributed by atoms with Crippen LogP contribution in [0.2, 0.25) is 0 Å². The van der Waals surface area contributed by atoms with E-state index in [1.165, 1.54) is 11.8 Å². The second kappa shape index (κ2) is 5.25. The number of rotatable bonds is 2. The van der Waals surface area contributed by atoms with Crippen LogP contribution >= 0.6 is 24.0 Å². The molecule has 0 bridgehead atoms. The molecule has 0 unspecified atom stereocenters. The predicted octanol–water partition coefficient (Wildman–Crippen LogP) is 2.22. The zero-order valence-electron chi connectivity index (χ0n) is 8.51. The number of nitrogens with two attached hydrogens (primary N) is 1. The largest absolute Gasteiger partial charge is 0.309 e. The number of thiocarbonyl (C=S) groups is 1. The number of thioether (sulfide) groups is 1. The standard InChI is InChI=1S/C11H11N3S2/c12-14-11(15)16-7-9-6-5-8-3-1-2-4-10(8)13-9/h1-6H,7,12H2,(H,14,15). The summed E-state index contributed by atoms with van der Waals surface area (Å²) in [5, 5.41) is 1.15. The molecule has 0 atom stereocenters. The van der Waals surface area contributed by atoms with Crippen LogP contribution in [-0.2, 0) is 5.75 Å². The third kappa shape index (κ3) is 2.69. The monoisotopic (exact) mass is 249 g/mol. The minimum Gasteiger partial charge on any atom is -0.309 e. The molecule has 0 saturated carbocycles. The summed E-state index contributed by atoms with van der Waals surface area (Å²) in [6.07, 6.45) is 0. The van der Waals surface area contributed by atoms with Gasteiger partial charge in [-0.2, -0.15) is 0 Å². The molecule has 0 aliphatic carbocycles. The maximum Gasteiger partial charge on any atom is 0.148 e. The van der Waals surface area contributed by atoms with E-state index < -0.39 is 0 Å². The zero-order chi connectivity index (χ0) is 11.4. The Morgan fingerprint density at radius 1 is 1.31 bits per heavy atom. The van der Waals surface area contributed by atoms with Crippen LogP contribution in [-0.4, -0.2) is 9.30 Å². The molecule has 2 rings (SSSR count). The summed E-state index contributed by atoms with van der Waals surface area (Å²) >= 11 is 6.42. The summed E-state index contributed by atoms with van der Waals surface area (Å²) < 4.78 is 0.579. The molecule has 2 aromatic rings. The molecule has 0 radical (unpaired) electrons. The Labute approximate surface area is 103 Å². The molecule has 1 aromatic carbocycles. The van der Waals surface area contributed by atoms with Crippen molar-refractivity contribution in [1.29, 1.82) is 0 Å². The summed E-state index contributed by atoms with van der Waals surface area (Å²) in [5.41, 5.74) is 4.45. The van der Waals surface area contributed by atoms with Crippen LogP contribution in [0.1, 0.15) is 5.69 Å². The molecule has 16 heavy (non-hydrogen) atoms. The van der Waals surface area contributed by atoms with Gasteiger partial charge in [0.1, 0.15) is 4.32 Å². The van der Waals surface area contributed by atoms with Crippen molar-refractivity contribution in [3.8, 4) is 0 Å². The quantitative estimate of drug-likeness (QED) is 0.485. The summed E-state index contributed by atoms with van der Waals surface area (Å²) in [7, 11) is 0. The van der Waals surface area contributed by atoms with Gasteiger partial charge in [-0.3, -0.25) is 4.98 Å². The first-order chi connectivity index (χ1) is 7.79. The van der Waals surface area contributed by atoms with Gasteiger partial charge in [0, 0.05) is 11.1 Å². The van der Waals surface area contributed by atoms with Gasteiger partial charge in [0.15, 0.2) is 0 Å². The molecule has 1 aromatic heterocycles. The third-order valence-electron chi connectivity index (χ3n) is 2.13. The summed E-state index contributed by atoms with van der Waals surface area (Å²) in [4.78, 5) is 4.53. The fourth-order valence-corrected chi connectivity index (χ4v) is 2.07. The Hall–Kier alpha value is -1.17. The van der Waals surface area contributed by atoms with E-state index >= 15 is 0 Å². The van der Waals surface area contributed by atoms with Crippen molar-refractivity contribution in [2.45, 2.75) is 5.75 Å². The van der Waals surface area contributed by atoms with Crippen LogP contribution < -0.4 is 11.3 Å². The molecule has 3 N–H and O–H groups in total. The highest BCUT2D eigenvalue weighted by atomic mass is 32.2. The van der Waals surface area contributed by atoms with E-state index in [4.69, 9.17) is 18.1 Å². The number of nitrogens with zero attached hydrogens (tertiary/aromatic N) is 1. The number of hydrazine groups is 1. The fraction of sp³-hybridized carbons (Fsp3) is 0.0909. The lowest BCUT2D eigenvalue weighted by molar-refractivity contribution is 1.07. The Morgan fingerprint density at radius 3 is 2.94 bits per heavy atom. The average molecular weight is 249 g/mol. The van der Waals surface area contributed by atoms with Gasteiger partial charge in [-0.1, -0.05) is 48.2 Å². The van der Waals surface area contributed by atoms with E-state index in [0.717, 1.165) is 22.3 Å². The molecule has 0 fully saturated rings. The van der Waals surface area contributed by atoms with Gasteiger partial charge < -0.3 is 5.43 Å². The van der Waals surface area contributed by atoms with E-state index in [0.29, 0.717) is 4.32 Å². The van der Waals surface area contributed by atoms with Crippen molar-refractivity contribution in [3.63, 3.8) is 0 Å². The van der Waals surface area contributed by atoms with Crippen LogP contribution in [0.3, 0.4) is 0 Å². The molecular weight excluding hydrogens is 238 g/mol. The third-order valence-corrected chi connectivity index (χ3v) is 3.42. The second-order valence-electron chi connectivity index (χ2n) is 3.22. The van der Waals surface area contributed by atoms with Crippen molar-refractivity contribution in [1.82, 2.24) is 10.4 Å². The first-order valence-electron chi connectivity index (χ1n) is 4.77. The molecule has 0 amide bonds. The smallest absolute Gasteiger partial charge is 0.148 e. The van der Waals surface area contributed by atoms with Crippen molar-refractivity contribution in [3.05, 3.63) is 42.1 Å². The van der Waals surface area contributed by atoms with Gasteiger partial charge in [0.25, 0.3) is 0 Å². The number of hydrogen-bond acceptors (Lipinski definition) is 4.